The van der Waals surface area contributed by atoms with Crippen LogP contribution < -0.4 is 51.4 Å². The quantitative estimate of drug-likeness (QED) is 0.468. The molecule has 1 aliphatic carbocycles. The van der Waals surface area contributed by atoms with Crippen LogP contribution in [0.15, 0.2) is 41.4 Å². The van der Waals surface area contributed by atoms with Crippen LogP contribution in [0.2, 0.25) is 0 Å². The first-order valence-corrected chi connectivity index (χ1v) is 7.11. The van der Waals surface area contributed by atoms with Crippen LogP contribution in [-0.4, -0.2) is 18.3 Å². The Morgan fingerprint density at radius 1 is 1.36 bits per heavy atom. The van der Waals surface area contributed by atoms with E-state index in [1.54, 1.807) is 6.92 Å². The van der Waals surface area contributed by atoms with Gasteiger partial charge >= 0.3 is 51.4 Å². The van der Waals surface area contributed by atoms with Crippen LogP contribution >= 0.6 is 0 Å². The molecule has 3 nitrogen and oxygen atoms in total. The van der Waals surface area contributed by atoms with Crippen LogP contribution in [0, 0.1) is 18.4 Å². The summed E-state index contributed by atoms with van der Waals surface area (Å²) in [5.74, 6) is -0.461. The van der Waals surface area contributed by atoms with Crippen molar-refractivity contribution in [2.24, 2.45) is 10.4 Å². The van der Waals surface area contributed by atoms with Gasteiger partial charge in [-0.3, -0.25) is 17.8 Å². The van der Waals surface area contributed by atoms with Gasteiger partial charge in [0.15, 0.2) is 5.97 Å². The molecule has 114 valence electrons. The second-order valence-electron chi connectivity index (χ2n) is 5.61. The summed E-state index contributed by atoms with van der Waals surface area (Å²) in [6, 6.07) is 10.1. The maximum atomic E-state index is 9.71. The van der Waals surface area contributed by atoms with Crippen LogP contribution in [-0.2, 0) is 9.53 Å². The standard InChI is InChI=1S/C14H16N.C4H7O2.K/c1-14(2)10-6-9-13(11-14)15-12-7-4-3-5-8-12;1-3-6-4(2)5;/h3-5,7-9H,10-11H2,1-2H3;2-3H2,1H3;/q2*-1;+1. The average Bonchev–Trinajstić information content (AvgIpc) is 2.39. The number of hydrogen-bond donors (Lipinski definition) is 0. The predicted molar refractivity (Wildman–Crippen MR) is 86.4 cm³/mol. The van der Waals surface area contributed by atoms with Crippen molar-refractivity contribution < 1.29 is 60.9 Å². The Morgan fingerprint density at radius 3 is 2.45 bits per heavy atom. The van der Waals surface area contributed by atoms with E-state index >= 15 is 0 Å². The number of nitrogens with zero attached hydrogens (tertiary/aromatic N) is 1. The fourth-order valence-corrected chi connectivity index (χ4v) is 1.95. The SMILES string of the molecule is CC1(C)C[C-]=CC(=Nc2ccccc2)C1.[CH2-]C(=O)OCC.[K+]. The van der Waals surface area contributed by atoms with E-state index in [4.69, 9.17) is 0 Å². The van der Waals surface area contributed by atoms with Gasteiger partial charge in [0.2, 0.25) is 0 Å². The first kappa shape index (κ1) is 21.6. The van der Waals surface area contributed by atoms with Crippen molar-refractivity contribution in [2.75, 3.05) is 6.61 Å². The molecular weight excluding hydrogens is 301 g/mol. The van der Waals surface area contributed by atoms with Crippen molar-refractivity contribution in [1.82, 2.24) is 0 Å². The Hall–Kier alpha value is -0.394. The van der Waals surface area contributed by atoms with Gasteiger partial charge in [0, 0.05) is 5.69 Å². The summed E-state index contributed by atoms with van der Waals surface area (Å²) in [5.41, 5.74) is 2.48. The van der Waals surface area contributed by atoms with Gasteiger partial charge in [0.25, 0.3) is 0 Å². The molecule has 0 heterocycles. The second kappa shape index (κ2) is 11.2. The first-order chi connectivity index (χ1) is 9.93. The van der Waals surface area contributed by atoms with Gasteiger partial charge in [-0.25, -0.2) is 6.08 Å². The number of esters is 1. The van der Waals surface area contributed by atoms with Crippen LogP contribution in [0.3, 0.4) is 0 Å². The van der Waals surface area contributed by atoms with Crippen molar-refractivity contribution in [3.8, 4) is 0 Å². The molecule has 0 spiro atoms. The Morgan fingerprint density at radius 2 is 2.00 bits per heavy atom. The summed E-state index contributed by atoms with van der Waals surface area (Å²) in [7, 11) is 0. The number of benzene rings is 1. The molecular formula is C18H23KNO2-. The fourth-order valence-electron chi connectivity index (χ4n) is 1.95. The van der Waals surface area contributed by atoms with Crippen LogP contribution in [0.25, 0.3) is 0 Å². The van der Waals surface area contributed by atoms with Crippen LogP contribution in [0.4, 0.5) is 5.69 Å². The predicted octanol–water partition coefficient (Wildman–Crippen LogP) is 1.33. The number of hydrogen-bond acceptors (Lipinski definition) is 3. The molecule has 22 heavy (non-hydrogen) atoms. The van der Waals surface area contributed by atoms with Crippen LogP contribution in [0.1, 0.15) is 33.6 Å². The molecule has 1 aromatic rings. The minimum atomic E-state index is -0.461. The van der Waals surface area contributed by atoms with Gasteiger partial charge < -0.3 is 9.73 Å². The van der Waals surface area contributed by atoms with E-state index in [0.717, 1.165) is 24.2 Å². The first-order valence-electron chi connectivity index (χ1n) is 7.11. The number of rotatable bonds is 2. The van der Waals surface area contributed by atoms with Crippen molar-refractivity contribution in [3.05, 3.63) is 49.4 Å². The van der Waals surface area contributed by atoms with E-state index in [-0.39, 0.29) is 51.4 Å². The number of allylic oxidation sites excluding steroid dienone is 2. The van der Waals surface area contributed by atoms with Gasteiger partial charge in [0.1, 0.15) is 0 Å². The Kier molecular flexibility index (Phi) is 11.0. The van der Waals surface area contributed by atoms with Gasteiger partial charge in [-0.15, -0.1) is 12.1 Å². The Bertz CT molecular complexity index is 507. The summed E-state index contributed by atoms with van der Waals surface area (Å²) in [6.45, 7) is 9.64. The third-order valence-electron chi connectivity index (χ3n) is 2.84. The third kappa shape index (κ3) is 9.59. The zero-order chi connectivity index (χ0) is 15.7. The molecule has 2 rings (SSSR count). The summed E-state index contributed by atoms with van der Waals surface area (Å²) in [5, 5.41) is 0. The molecule has 0 fully saturated rings. The molecule has 0 saturated heterocycles. The van der Waals surface area contributed by atoms with Gasteiger partial charge in [0.05, 0.1) is 6.61 Å². The van der Waals surface area contributed by atoms with E-state index in [1.165, 1.54) is 0 Å². The fraction of sp³-hybridized carbons (Fsp3) is 0.389. The summed E-state index contributed by atoms with van der Waals surface area (Å²) >= 11 is 0. The van der Waals surface area contributed by atoms with Gasteiger partial charge in [-0.05, 0) is 19.1 Å². The summed E-state index contributed by atoms with van der Waals surface area (Å²) in [6.07, 6.45) is 7.38. The van der Waals surface area contributed by atoms with Gasteiger partial charge in [-0.2, -0.15) is 0 Å². The van der Waals surface area contributed by atoms with E-state index < -0.39 is 5.97 Å². The maximum absolute atomic E-state index is 9.71. The monoisotopic (exact) mass is 324 g/mol. The third-order valence-corrected chi connectivity index (χ3v) is 2.84. The van der Waals surface area contributed by atoms with Crippen molar-refractivity contribution in [3.63, 3.8) is 0 Å². The summed E-state index contributed by atoms with van der Waals surface area (Å²) < 4.78 is 4.29. The number of carbonyl (C=O) groups is 1. The van der Waals surface area contributed by atoms with E-state index in [9.17, 15) is 4.79 Å². The topological polar surface area (TPSA) is 38.7 Å². The van der Waals surface area contributed by atoms with Crippen molar-refractivity contribution in [2.45, 2.75) is 33.6 Å². The van der Waals surface area contributed by atoms with Crippen molar-refractivity contribution >= 4 is 17.4 Å². The molecule has 0 radical (unpaired) electrons. The molecule has 0 unspecified atom stereocenters. The minimum absolute atomic E-state index is 0. The second-order valence-corrected chi connectivity index (χ2v) is 5.61. The molecule has 4 heteroatoms. The van der Waals surface area contributed by atoms with Gasteiger partial charge in [-0.1, -0.05) is 43.9 Å². The molecule has 0 amide bonds. The zero-order valence-electron chi connectivity index (χ0n) is 14.1. The van der Waals surface area contributed by atoms with Crippen molar-refractivity contribution in [1.29, 1.82) is 0 Å². The Labute approximate surface area is 176 Å². The largest absolute Gasteiger partial charge is 1.00 e. The van der Waals surface area contributed by atoms with E-state index in [2.05, 4.69) is 36.6 Å². The molecule has 0 aromatic heterocycles. The zero-order valence-corrected chi connectivity index (χ0v) is 17.2. The molecule has 1 aliphatic rings. The molecule has 0 atom stereocenters. The van der Waals surface area contributed by atoms with E-state index in [0.29, 0.717) is 12.0 Å². The smallest absolute Gasteiger partial charge is 0.489 e. The Balaban J connectivity index is 0.000000546. The number of carbonyl (C=O) groups excluding carboxylic acids is 1. The number of aliphatic imine (C=N–C) groups is 1. The number of para-hydroxylation sites is 1. The van der Waals surface area contributed by atoms with Crippen LogP contribution in [0.5, 0.6) is 0 Å². The number of ether oxygens (including phenoxy) is 1. The molecule has 0 N–H and O–H groups in total. The average molecular weight is 324 g/mol. The van der Waals surface area contributed by atoms with E-state index in [1.807, 2.05) is 36.4 Å². The minimum Gasteiger partial charge on any atom is -0.489 e. The molecule has 0 bridgehead atoms. The summed E-state index contributed by atoms with van der Waals surface area (Å²) in [4.78, 5) is 14.3. The molecule has 1 aromatic carbocycles. The molecule has 0 aliphatic heterocycles. The maximum Gasteiger partial charge on any atom is 1.00 e. The molecule has 0 saturated carbocycles. The normalized spacial score (nSPS) is 17.0.